The van der Waals surface area contributed by atoms with Gasteiger partial charge in [0.2, 0.25) is 0 Å². The second-order valence-electron chi connectivity index (χ2n) is 4.41. The van der Waals surface area contributed by atoms with E-state index in [0.717, 1.165) is 0 Å². The molecule has 21 heavy (non-hydrogen) atoms. The number of para-hydroxylation sites is 1. The number of nitrogens with zero attached hydrogens (tertiary/aromatic N) is 2. The van der Waals surface area contributed by atoms with Gasteiger partial charge in [0.25, 0.3) is 5.91 Å². The van der Waals surface area contributed by atoms with E-state index in [9.17, 15) is 18.0 Å². The quantitative estimate of drug-likeness (QED) is 0.809. The van der Waals surface area contributed by atoms with Gasteiger partial charge in [-0.3, -0.25) is 9.78 Å². The van der Waals surface area contributed by atoms with Crippen LogP contribution in [0.4, 0.5) is 13.2 Å². The molecule has 3 nitrogen and oxygen atoms in total. The molecule has 2 rings (SSSR count). The van der Waals surface area contributed by atoms with Gasteiger partial charge in [-0.2, -0.15) is 13.2 Å². The number of fused-ring (bicyclic) bond motifs is 1. The van der Waals surface area contributed by atoms with Gasteiger partial charge in [-0.1, -0.05) is 18.2 Å². The van der Waals surface area contributed by atoms with Crippen LogP contribution >= 0.6 is 11.6 Å². The number of hydrogen-bond acceptors (Lipinski definition) is 2. The number of amides is 1. The summed E-state index contributed by atoms with van der Waals surface area (Å²) < 4.78 is 37.7. The minimum atomic E-state index is -4.47. The highest BCUT2D eigenvalue weighted by Crippen LogP contribution is 2.21. The largest absolute Gasteiger partial charge is 0.406 e. The topological polar surface area (TPSA) is 33.2 Å². The first-order chi connectivity index (χ1) is 9.92. The molecule has 0 saturated carbocycles. The molecule has 0 radical (unpaired) electrons. The van der Waals surface area contributed by atoms with E-state index in [1.165, 1.54) is 12.3 Å². The number of hydrogen-bond donors (Lipinski definition) is 0. The third-order valence-corrected chi connectivity index (χ3v) is 3.06. The first-order valence-electron chi connectivity index (χ1n) is 6.18. The van der Waals surface area contributed by atoms with Crippen molar-refractivity contribution in [1.29, 1.82) is 0 Å². The monoisotopic (exact) mass is 316 g/mol. The Morgan fingerprint density at radius 1 is 1.24 bits per heavy atom. The van der Waals surface area contributed by atoms with Crippen molar-refractivity contribution in [2.75, 3.05) is 19.0 Å². The first-order valence-corrected chi connectivity index (χ1v) is 6.71. The van der Waals surface area contributed by atoms with E-state index in [0.29, 0.717) is 15.8 Å². The van der Waals surface area contributed by atoms with Crippen LogP contribution in [0.3, 0.4) is 0 Å². The number of pyridine rings is 1. The van der Waals surface area contributed by atoms with E-state index < -0.39 is 18.6 Å². The lowest BCUT2D eigenvalue weighted by Crippen LogP contribution is -2.40. The van der Waals surface area contributed by atoms with Crippen molar-refractivity contribution in [1.82, 2.24) is 9.88 Å². The third-order valence-electron chi connectivity index (χ3n) is 2.89. The van der Waals surface area contributed by atoms with Crippen LogP contribution in [-0.2, 0) is 0 Å². The number of carbonyl (C=O) groups excluding carboxylic acids is 1. The van der Waals surface area contributed by atoms with Crippen molar-refractivity contribution in [3.8, 4) is 0 Å². The highest BCUT2D eigenvalue weighted by molar-refractivity contribution is 6.18. The summed E-state index contributed by atoms with van der Waals surface area (Å²) in [6, 6.07) is 8.22. The lowest BCUT2D eigenvalue weighted by molar-refractivity contribution is -0.140. The second kappa shape index (κ2) is 6.30. The van der Waals surface area contributed by atoms with Crippen LogP contribution in [0, 0.1) is 0 Å². The zero-order valence-corrected chi connectivity index (χ0v) is 11.7. The van der Waals surface area contributed by atoms with Crippen LogP contribution < -0.4 is 0 Å². The van der Waals surface area contributed by atoms with E-state index in [4.69, 9.17) is 11.6 Å². The van der Waals surface area contributed by atoms with Gasteiger partial charge in [0.05, 0.1) is 11.1 Å². The van der Waals surface area contributed by atoms with Gasteiger partial charge >= 0.3 is 6.18 Å². The summed E-state index contributed by atoms with van der Waals surface area (Å²) in [5.41, 5.74) is 0.746. The molecule has 0 atom stereocenters. The lowest BCUT2D eigenvalue weighted by atomic mass is 10.1. The summed E-state index contributed by atoms with van der Waals surface area (Å²) in [6.45, 7) is -1.49. The number of benzene rings is 1. The van der Waals surface area contributed by atoms with Crippen LogP contribution in [-0.4, -0.2) is 40.9 Å². The van der Waals surface area contributed by atoms with Crippen molar-refractivity contribution in [3.05, 3.63) is 42.1 Å². The molecular weight excluding hydrogens is 305 g/mol. The predicted octanol–water partition coefficient (Wildman–Crippen LogP) is 3.48. The average molecular weight is 317 g/mol. The van der Waals surface area contributed by atoms with Crippen molar-refractivity contribution in [3.63, 3.8) is 0 Å². The summed E-state index contributed by atoms with van der Waals surface area (Å²) >= 11 is 5.50. The molecule has 0 aliphatic rings. The van der Waals surface area contributed by atoms with Gasteiger partial charge in [0.1, 0.15) is 6.54 Å². The van der Waals surface area contributed by atoms with Gasteiger partial charge in [0.15, 0.2) is 0 Å². The lowest BCUT2D eigenvalue weighted by Gasteiger charge is -2.23. The fraction of sp³-hybridized carbons (Fsp3) is 0.286. The third kappa shape index (κ3) is 3.85. The Morgan fingerprint density at radius 2 is 1.95 bits per heavy atom. The molecule has 0 saturated heterocycles. The Hall–Kier alpha value is -1.82. The van der Waals surface area contributed by atoms with Gasteiger partial charge < -0.3 is 4.90 Å². The Labute approximate surface area is 124 Å². The summed E-state index contributed by atoms with van der Waals surface area (Å²) in [5, 5.41) is 0.520. The van der Waals surface area contributed by atoms with E-state index in [1.54, 1.807) is 24.3 Å². The van der Waals surface area contributed by atoms with E-state index in [2.05, 4.69) is 4.98 Å². The van der Waals surface area contributed by atoms with Gasteiger partial charge in [-0.15, -0.1) is 11.6 Å². The summed E-state index contributed by atoms with van der Waals surface area (Å²) in [4.78, 5) is 17.2. The van der Waals surface area contributed by atoms with Crippen LogP contribution in [0.2, 0.25) is 0 Å². The van der Waals surface area contributed by atoms with Gasteiger partial charge in [0, 0.05) is 24.0 Å². The fourth-order valence-corrected chi connectivity index (χ4v) is 2.23. The fourth-order valence-electron chi connectivity index (χ4n) is 2.02. The van der Waals surface area contributed by atoms with Crippen LogP contribution in [0.1, 0.15) is 10.4 Å². The number of carbonyl (C=O) groups is 1. The number of halogens is 4. The van der Waals surface area contributed by atoms with E-state index in [1.807, 2.05) is 0 Å². The minimum absolute atomic E-state index is 0.0646. The Kier molecular flexibility index (Phi) is 4.67. The normalized spacial score (nSPS) is 11.6. The van der Waals surface area contributed by atoms with Crippen molar-refractivity contribution in [2.24, 2.45) is 0 Å². The molecule has 0 bridgehead atoms. The van der Waals surface area contributed by atoms with Crippen LogP contribution in [0.5, 0.6) is 0 Å². The molecule has 1 aromatic carbocycles. The minimum Gasteiger partial charge on any atom is -0.328 e. The Morgan fingerprint density at radius 3 is 2.62 bits per heavy atom. The summed E-state index contributed by atoms with van der Waals surface area (Å²) in [5.74, 6) is -0.767. The molecule has 0 aliphatic carbocycles. The average Bonchev–Trinajstić information content (AvgIpc) is 2.44. The maximum atomic E-state index is 12.6. The summed E-state index contributed by atoms with van der Waals surface area (Å²) in [6.07, 6.45) is -3.06. The zero-order valence-electron chi connectivity index (χ0n) is 10.9. The molecule has 1 amide bonds. The van der Waals surface area contributed by atoms with Crippen LogP contribution in [0.25, 0.3) is 10.9 Å². The molecule has 0 spiro atoms. The Bertz CT molecular complexity index is 640. The smallest absolute Gasteiger partial charge is 0.328 e. The molecule has 2 aromatic rings. The first kappa shape index (κ1) is 15.6. The molecule has 0 aliphatic heterocycles. The maximum absolute atomic E-state index is 12.6. The zero-order chi connectivity index (χ0) is 15.5. The molecule has 1 aromatic heterocycles. The second-order valence-corrected chi connectivity index (χ2v) is 4.78. The molecule has 0 N–H and O–H groups in total. The van der Waals surface area contributed by atoms with Gasteiger partial charge in [-0.25, -0.2) is 0 Å². The molecule has 1 heterocycles. The van der Waals surface area contributed by atoms with Crippen LogP contribution in [0.15, 0.2) is 36.5 Å². The number of aromatic nitrogens is 1. The molecule has 7 heteroatoms. The number of rotatable bonds is 4. The molecule has 112 valence electrons. The molecule has 0 unspecified atom stereocenters. The van der Waals surface area contributed by atoms with Crippen molar-refractivity contribution in [2.45, 2.75) is 6.18 Å². The summed E-state index contributed by atoms with van der Waals surface area (Å²) in [7, 11) is 0. The SMILES string of the molecule is O=C(c1ccnc2ccccc12)N(CCCl)CC(F)(F)F. The highest BCUT2D eigenvalue weighted by Gasteiger charge is 2.33. The number of alkyl halides is 4. The van der Waals surface area contributed by atoms with Crippen molar-refractivity contribution < 1.29 is 18.0 Å². The van der Waals surface area contributed by atoms with Crippen molar-refractivity contribution >= 4 is 28.4 Å². The van der Waals surface area contributed by atoms with Gasteiger partial charge in [-0.05, 0) is 12.1 Å². The standard InChI is InChI=1S/C14H12ClF3N2O/c15-6-8-20(9-14(16,17)18)13(21)11-5-7-19-12-4-2-1-3-10(11)12/h1-5,7H,6,8-9H2. The predicted molar refractivity (Wildman–Crippen MR) is 74.4 cm³/mol. The van der Waals surface area contributed by atoms with E-state index >= 15 is 0 Å². The molecular formula is C14H12ClF3N2O. The molecule has 0 fully saturated rings. The Balaban J connectivity index is 2.39. The highest BCUT2D eigenvalue weighted by atomic mass is 35.5. The maximum Gasteiger partial charge on any atom is 0.406 e. The van der Waals surface area contributed by atoms with E-state index in [-0.39, 0.29) is 18.0 Å².